The highest BCUT2D eigenvalue weighted by molar-refractivity contribution is 5.49. The summed E-state index contributed by atoms with van der Waals surface area (Å²) in [6, 6.07) is 4.24. The third kappa shape index (κ3) is 3.49. The number of aryl methyl sites for hydroxylation is 1. The normalized spacial score (nSPS) is 21.5. The Balaban J connectivity index is 1.39. The largest absolute Gasteiger partial charge is 0.494 e. The molecule has 0 saturated carbocycles. The van der Waals surface area contributed by atoms with Gasteiger partial charge in [0.15, 0.2) is 0 Å². The summed E-state index contributed by atoms with van der Waals surface area (Å²) in [5, 5.41) is 11.8. The molecule has 0 bridgehead atoms. The fourth-order valence-corrected chi connectivity index (χ4v) is 3.86. The lowest BCUT2D eigenvalue weighted by Crippen LogP contribution is -2.29. The van der Waals surface area contributed by atoms with Gasteiger partial charge < -0.3 is 19.4 Å². The molecule has 25 heavy (non-hydrogen) atoms. The van der Waals surface area contributed by atoms with Crippen LogP contribution >= 0.6 is 0 Å². The van der Waals surface area contributed by atoms with E-state index >= 15 is 0 Å². The molecule has 0 unspecified atom stereocenters. The maximum absolute atomic E-state index is 6.03. The number of ether oxygens (including phenoxy) is 2. The first-order valence-electron chi connectivity index (χ1n) is 9.25. The summed E-state index contributed by atoms with van der Waals surface area (Å²) >= 11 is 0. The number of aromatic nitrogens is 3. The molecule has 6 nitrogen and oxygen atoms in total. The van der Waals surface area contributed by atoms with E-state index in [2.05, 4.69) is 39.1 Å². The minimum atomic E-state index is 0.246. The second kappa shape index (κ2) is 7.04. The molecule has 4 rings (SSSR count). The van der Waals surface area contributed by atoms with E-state index in [1.54, 1.807) is 0 Å². The Kier molecular flexibility index (Phi) is 4.61. The smallest absolute Gasteiger partial charge is 0.132 e. The van der Waals surface area contributed by atoms with E-state index in [-0.39, 0.29) is 6.10 Å². The maximum atomic E-state index is 6.03. The summed E-state index contributed by atoms with van der Waals surface area (Å²) in [4.78, 5) is 0. The molecule has 6 heteroatoms. The van der Waals surface area contributed by atoms with Crippen LogP contribution in [-0.2, 0) is 25.9 Å². The second-order valence-corrected chi connectivity index (χ2v) is 7.07. The number of fused-ring (bicyclic) bond motifs is 2. The predicted molar refractivity (Wildman–Crippen MR) is 94.9 cm³/mol. The van der Waals surface area contributed by atoms with Gasteiger partial charge in [0.25, 0.3) is 0 Å². The van der Waals surface area contributed by atoms with E-state index in [1.807, 2.05) is 13.3 Å². The minimum absolute atomic E-state index is 0.246. The Morgan fingerprint density at radius 2 is 2.32 bits per heavy atom. The first-order chi connectivity index (χ1) is 12.2. The Morgan fingerprint density at radius 3 is 3.20 bits per heavy atom. The fourth-order valence-electron chi connectivity index (χ4n) is 3.86. The van der Waals surface area contributed by atoms with Gasteiger partial charge in [0.1, 0.15) is 29.8 Å². The van der Waals surface area contributed by atoms with Crippen LogP contribution in [0, 0.1) is 5.92 Å². The molecule has 1 N–H and O–H groups in total. The molecular weight excluding hydrogens is 316 g/mol. The average molecular weight is 342 g/mol. The van der Waals surface area contributed by atoms with Crippen LogP contribution in [0.4, 0.5) is 0 Å². The minimum Gasteiger partial charge on any atom is -0.494 e. The first kappa shape index (κ1) is 16.4. The molecule has 0 spiro atoms. The van der Waals surface area contributed by atoms with Gasteiger partial charge >= 0.3 is 0 Å². The molecule has 0 amide bonds. The molecule has 0 saturated heterocycles. The van der Waals surface area contributed by atoms with Crippen LogP contribution in [0.25, 0.3) is 0 Å². The monoisotopic (exact) mass is 342 g/mol. The number of hydrogen-bond acceptors (Lipinski definition) is 5. The summed E-state index contributed by atoms with van der Waals surface area (Å²) in [6.45, 7) is 7.62. The van der Waals surface area contributed by atoms with Crippen LogP contribution in [0.15, 0.2) is 18.5 Å². The van der Waals surface area contributed by atoms with Crippen molar-refractivity contribution in [2.24, 2.45) is 5.92 Å². The molecule has 1 aromatic heterocycles. The average Bonchev–Trinajstić information content (AvgIpc) is 3.20. The van der Waals surface area contributed by atoms with Crippen LogP contribution in [0.1, 0.15) is 37.2 Å². The van der Waals surface area contributed by atoms with Gasteiger partial charge in [-0.15, -0.1) is 10.2 Å². The second-order valence-electron chi connectivity index (χ2n) is 7.07. The number of nitrogens with zero attached hydrogens (tertiary/aromatic N) is 3. The SMILES string of the molecule is CCOc1cc(CNC[C@@H]2CCc3nncn3C2)c2c(c1)C[C@@H](C)O2. The van der Waals surface area contributed by atoms with E-state index in [4.69, 9.17) is 9.47 Å². The van der Waals surface area contributed by atoms with Gasteiger partial charge in [0, 0.05) is 37.1 Å². The lowest BCUT2D eigenvalue weighted by Gasteiger charge is -2.23. The molecule has 134 valence electrons. The number of nitrogens with one attached hydrogen (secondary N) is 1. The Morgan fingerprint density at radius 1 is 1.40 bits per heavy atom. The summed E-state index contributed by atoms with van der Waals surface area (Å²) in [7, 11) is 0. The van der Waals surface area contributed by atoms with Gasteiger partial charge in [-0.25, -0.2) is 0 Å². The van der Waals surface area contributed by atoms with Gasteiger partial charge in [-0.1, -0.05) is 0 Å². The van der Waals surface area contributed by atoms with Gasteiger partial charge in [0.2, 0.25) is 0 Å². The predicted octanol–water partition coefficient (Wildman–Crippen LogP) is 2.35. The van der Waals surface area contributed by atoms with Crippen molar-refractivity contribution in [1.82, 2.24) is 20.1 Å². The van der Waals surface area contributed by atoms with Gasteiger partial charge in [-0.2, -0.15) is 0 Å². The molecule has 0 radical (unpaired) electrons. The maximum Gasteiger partial charge on any atom is 0.132 e. The zero-order chi connectivity index (χ0) is 17.2. The molecule has 2 atom stereocenters. The lowest BCUT2D eigenvalue weighted by molar-refractivity contribution is 0.251. The summed E-state index contributed by atoms with van der Waals surface area (Å²) in [6.07, 6.45) is 5.23. The summed E-state index contributed by atoms with van der Waals surface area (Å²) in [5.41, 5.74) is 2.47. The van der Waals surface area contributed by atoms with Crippen molar-refractivity contribution in [2.75, 3.05) is 13.2 Å². The fraction of sp³-hybridized carbons (Fsp3) is 0.579. The highest BCUT2D eigenvalue weighted by atomic mass is 16.5. The highest BCUT2D eigenvalue weighted by Gasteiger charge is 2.24. The van der Waals surface area contributed by atoms with Crippen molar-refractivity contribution >= 4 is 0 Å². The van der Waals surface area contributed by atoms with Crippen molar-refractivity contribution in [2.45, 2.75) is 52.3 Å². The Bertz CT molecular complexity index is 743. The summed E-state index contributed by atoms with van der Waals surface area (Å²) in [5.74, 6) is 3.73. The number of rotatable bonds is 6. The summed E-state index contributed by atoms with van der Waals surface area (Å²) < 4.78 is 13.9. The molecule has 2 aliphatic rings. The third-order valence-corrected chi connectivity index (χ3v) is 5.03. The molecule has 3 heterocycles. The Labute approximate surface area is 148 Å². The van der Waals surface area contributed by atoms with Crippen LogP contribution in [-0.4, -0.2) is 34.0 Å². The molecule has 0 fully saturated rings. The van der Waals surface area contributed by atoms with Gasteiger partial charge in [-0.3, -0.25) is 0 Å². The van der Waals surface area contributed by atoms with Crippen molar-refractivity contribution in [1.29, 1.82) is 0 Å². The van der Waals surface area contributed by atoms with Crippen molar-refractivity contribution in [3.63, 3.8) is 0 Å². The molecule has 1 aromatic carbocycles. The molecular formula is C19H26N4O2. The quantitative estimate of drug-likeness (QED) is 0.873. The van der Waals surface area contributed by atoms with E-state index in [0.717, 1.165) is 56.2 Å². The van der Waals surface area contributed by atoms with Gasteiger partial charge in [0.05, 0.1) is 6.61 Å². The van der Waals surface area contributed by atoms with E-state index < -0.39 is 0 Å². The number of benzene rings is 1. The van der Waals surface area contributed by atoms with Crippen molar-refractivity contribution in [3.8, 4) is 11.5 Å². The zero-order valence-corrected chi connectivity index (χ0v) is 15.0. The Hall–Kier alpha value is -2.08. The van der Waals surface area contributed by atoms with Crippen LogP contribution in [0.5, 0.6) is 11.5 Å². The van der Waals surface area contributed by atoms with Crippen molar-refractivity contribution < 1.29 is 9.47 Å². The van der Waals surface area contributed by atoms with E-state index in [9.17, 15) is 0 Å². The van der Waals surface area contributed by atoms with Crippen LogP contribution in [0.3, 0.4) is 0 Å². The van der Waals surface area contributed by atoms with Crippen LogP contribution < -0.4 is 14.8 Å². The number of hydrogen-bond donors (Lipinski definition) is 1. The highest BCUT2D eigenvalue weighted by Crippen LogP contribution is 2.36. The zero-order valence-electron chi connectivity index (χ0n) is 15.0. The first-order valence-corrected chi connectivity index (χ1v) is 9.25. The van der Waals surface area contributed by atoms with Crippen molar-refractivity contribution in [3.05, 3.63) is 35.4 Å². The van der Waals surface area contributed by atoms with E-state index in [1.165, 1.54) is 11.1 Å². The molecule has 0 aliphatic carbocycles. The third-order valence-electron chi connectivity index (χ3n) is 5.03. The van der Waals surface area contributed by atoms with E-state index in [0.29, 0.717) is 12.5 Å². The van der Waals surface area contributed by atoms with Crippen LogP contribution in [0.2, 0.25) is 0 Å². The topological polar surface area (TPSA) is 61.2 Å². The standard InChI is InChI=1S/C19H26N4O2/c1-3-24-17-7-15-6-13(2)25-19(15)16(8-17)10-20-9-14-4-5-18-22-21-12-23(18)11-14/h7-8,12-14,20H,3-6,9-11H2,1-2H3/t13-,14+/m1/s1. The van der Waals surface area contributed by atoms with Gasteiger partial charge in [-0.05, 0) is 44.9 Å². The lowest BCUT2D eigenvalue weighted by atomic mass is 9.99. The molecule has 2 aromatic rings. The molecule has 2 aliphatic heterocycles.